The molecule has 0 saturated heterocycles. The molecule has 0 heterocycles. The molecule has 10 aromatic rings. The summed E-state index contributed by atoms with van der Waals surface area (Å²) in [5, 5.41) is 15.9. The van der Waals surface area contributed by atoms with Gasteiger partial charge in [-0.15, -0.1) is 0 Å². The third-order valence-electron chi connectivity index (χ3n) is 11.3. The fourth-order valence-electron chi connectivity index (χ4n) is 9.22. The Morgan fingerprint density at radius 2 is 0.729 bits per heavy atom. The Kier molecular flexibility index (Phi) is 4.55. The Morgan fingerprint density at radius 3 is 1.40 bits per heavy atom. The predicted molar refractivity (Wildman–Crippen MR) is 206 cm³/mol. The molecule has 48 heavy (non-hydrogen) atoms. The second-order valence-electron chi connectivity index (χ2n) is 13.6. The lowest BCUT2D eigenvalue weighted by molar-refractivity contribution is 1.66. The summed E-state index contributed by atoms with van der Waals surface area (Å²) in [6.07, 6.45) is 0. The summed E-state index contributed by atoms with van der Waals surface area (Å²) in [4.78, 5) is 0. The summed E-state index contributed by atoms with van der Waals surface area (Å²) in [6, 6.07) is 59.5. The molecule has 0 unspecified atom stereocenters. The first-order valence-electron chi connectivity index (χ1n) is 16.8. The first-order valence-corrected chi connectivity index (χ1v) is 16.8. The molecule has 0 radical (unpaired) electrons. The highest BCUT2D eigenvalue weighted by Crippen LogP contribution is 2.53. The van der Waals surface area contributed by atoms with Gasteiger partial charge in [-0.25, -0.2) is 0 Å². The molecular formula is C48H26. The lowest BCUT2D eigenvalue weighted by atomic mass is 9.90. The molecule has 2 aliphatic rings. The zero-order chi connectivity index (χ0) is 31.1. The molecule has 0 atom stereocenters. The second-order valence-corrected chi connectivity index (χ2v) is 13.6. The molecule has 0 aromatic heterocycles. The van der Waals surface area contributed by atoms with Crippen molar-refractivity contribution in [1.82, 2.24) is 0 Å². The van der Waals surface area contributed by atoms with E-state index in [2.05, 4.69) is 158 Å². The standard InChI is InChI=1S/C48H26/c1-2-8-27(9-3-1)32-13-6-12-31-24-45-42-23-30-19-21-33-34(40(30)26-44(42)37-16-7-17-38(47(31)32)48(37)45)20-18-29-22-41-35-14-4-10-28-11-5-15-36(46(28)35)43(41)25-39(29)33/h1-26H. The summed E-state index contributed by atoms with van der Waals surface area (Å²) in [6.45, 7) is 0. The molecule has 10 aromatic carbocycles. The molecule has 0 spiro atoms. The van der Waals surface area contributed by atoms with Gasteiger partial charge in [-0.05, 0) is 151 Å². The molecule has 0 N–H and O–H groups in total. The van der Waals surface area contributed by atoms with E-state index in [0.29, 0.717) is 0 Å². The maximum atomic E-state index is 2.47. The van der Waals surface area contributed by atoms with Crippen molar-refractivity contribution < 1.29 is 0 Å². The molecule has 0 nitrogen and oxygen atoms in total. The van der Waals surface area contributed by atoms with Gasteiger partial charge in [0.05, 0.1) is 0 Å². The summed E-state index contributed by atoms with van der Waals surface area (Å²) >= 11 is 0. The number of hydrogen-bond acceptors (Lipinski definition) is 0. The van der Waals surface area contributed by atoms with Crippen molar-refractivity contribution in [2.24, 2.45) is 0 Å². The van der Waals surface area contributed by atoms with Crippen LogP contribution in [0.4, 0.5) is 0 Å². The molecule has 0 saturated carbocycles. The van der Waals surface area contributed by atoms with E-state index in [1.807, 2.05) is 0 Å². The van der Waals surface area contributed by atoms with Crippen LogP contribution in [0.2, 0.25) is 0 Å². The average Bonchev–Trinajstić information content (AvgIpc) is 3.63. The maximum absolute atomic E-state index is 2.47. The van der Waals surface area contributed by atoms with Crippen molar-refractivity contribution in [3.05, 3.63) is 158 Å². The Hall–Kier alpha value is -6.24. The highest BCUT2D eigenvalue weighted by atomic mass is 14.3. The number of benzene rings is 10. The zero-order valence-electron chi connectivity index (χ0n) is 26.0. The zero-order valence-corrected chi connectivity index (χ0v) is 26.0. The third kappa shape index (κ3) is 3.06. The van der Waals surface area contributed by atoms with E-state index in [1.54, 1.807) is 0 Å². The third-order valence-corrected chi connectivity index (χ3v) is 11.3. The van der Waals surface area contributed by atoms with E-state index in [9.17, 15) is 0 Å². The van der Waals surface area contributed by atoms with Gasteiger partial charge in [-0.1, -0.05) is 127 Å². The number of hydrogen-bond donors (Lipinski definition) is 0. The minimum atomic E-state index is 1.26. The van der Waals surface area contributed by atoms with Crippen LogP contribution in [-0.2, 0) is 0 Å². The van der Waals surface area contributed by atoms with E-state index in [4.69, 9.17) is 0 Å². The van der Waals surface area contributed by atoms with E-state index in [0.717, 1.165) is 0 Å². The quantitative estimate of drug-likeness (QED) is 0.164. The summed E-state index contributed by atoms with van der Waals surface area (Å²) < 4.78 is 0. The largest absolute Gasteiger partial charge is 0.0622 e. The van der Waals surface area contributed by atoms with Crippen LogP contribution < -0.4 is 0 Å². The van der Waals surface area contributed by atoms with Gasteiger partial charge >= 0.3 is 0 Å². The normalized spacial score (nSPS) is 12.6. The highest BCUT2D eigenvalue weighted by Gasteiger charge is 2.26. The Labute approximate surface area is 277 Å². The van der Waals surface area contributed by atoms with Gasteiger partial charge in [0.2, 0.25) is 0 Å². The van der Waals surface area contributed by atoms with Crippen molar-refractivity contribution in [1.29, 1.82) is 0 Å². The first kappa shape index (κ1) is 24.9. The molecule has 0 heteroatoms. The summed E-state index contributed by atoms with van der Waals surface area (Å²) in [5.41, 5.74) is 13.3. The van der Waals surface area contributed by atoms with Gasteiger partial charge in [-0.2, -0.15) is 0 Å². The summed E-state index contributed by atoms with van der Waals surface area (Å²) in [5.74, 6) is 0. The number of rotatable bonds is 1. The van der Waals surface area contributed by atoms with Crippen LogP contribution >= 0.6 is 0 Å². The molecular weight excluding hydrogens is 577 g/mol. The Morgan fingerprint density at radius 1 is 0.208 bits per heavy atom. The van der Waals surface area contributed by atoms with Gasteiger partial charge in [0.25, 0.3) is 0 Å². The van der Waals surface area contributed by atoms with E-state index in [1.165, 1.54) is 120 Å². The minimum Gasteiger partial charge on any atom is -0.0622 e. The van der Waals surface area contributed by atoms with Crippen molar-refractivity contribution in [2.45, 2.75) is 0 Å². The van der Waals surface area contributed by atoms with E-state index < -0.39 is 0 Å². The van der Waals surface area contributed by atoms with Crippen molar-refractivity contribution >= 4 is 64.6 Å². The monoisotopic (exact) mass is 602 g/mol. The minimum absolute atomic E-state index is 1.26. The molecule has 218 valence electrons. The van der Waals surface area contributed by atoms with E-state index >= 15 is 0 Å². The smallest absolute Gasteiger partial charge is 0.00197 e. The van der Waals surface area contributed by atoms with Gasteiger partial charge in [-0.3, -0.25) is 0 Å². The molecule has 0 fully saturated rings. The van der Waals surface area contributed by atoms with Gasteiger partial charge in [0.1, 0.15) is 0 Å². The summed E-state index contributed by atoms with van der Waals surface area (Å²) in [7, 11) is 0. The van der Waals surface area contributed by atoms with Gasteiger partial charge in [0.15, 0.2) is 0 Å². The van der Waals surface area contributed by atoms with Crippen molar-refractivity contribution in [3.63, 3.8) is 0 Å². The van der Waals surface area contributed by atoms with Crippen molar-refractivity contribution in [3.8, 4) is 55.6 Å². The molecule has 0 aliphatic heterocycles. The molecule has 0 bridgehead atoms. The van der Waals surface area contributed by atoms with Crippen molar-refractivity contribution in [2.75, 3.05) is 0 Å². The van der Waals surface area contributed by atoms with Gasteiger partial charge in [0, 0.05) is 0 Å². The Bertz CT molecular complexity index is 3080. The van der Waals surface area contributed by atoms with Crippen LogP contribution in [0.1, 0.15) is 0 Å². The fourth-order valence-corrected chi connectivity index (χ4v) is 9.22. The highest BCUT2D eigenvalue weighted by molar-refractivity contribution is 6.28. The van der Waals surface area contributed by atoms with Crippen LogP contribution in [0.5, 0.6) is 0 Å². The molecule has 2 aliphatic carbocycles. The van der Waals surface area contributed by atoms with Crippen LogP contribution in [-0.4, -0.2) is 0 Å². The van der Waals surface area contributed by atoms with E-state index in [-0.39, 0.29) is 0 Å². The van der Waals surface area contributed by atoms with Crippen LogP contribution in [0.3, 0.4) is 0 Å². The number of fused-ring (bicyclic) bond motifs is 13. The molecule has 12 rings (SSSR count). The first-order chi connectivity index (χ1) is 23.8. The maximum Gasteiger partial charge on any atom is -0.00197 e. The lowest BCUT2D eigenvalue weighted by Gasteiger charge is -2.13. The van der Waals surface area contributed by atoms with Crippen LogP contribution in [0.25, 0.3) is 120 Å². The van der Waals surface area contributed by atoms with Gasteiger partial charge < -0.3 is 0 Å². The SMILES string of the molecule is c1ccc(-c2cccc3cc4c5c(cccc5c23)-c2cc3c(ccc5c6cc7c(cc6ccc35)-c3cccc5cccc-7c35)cc2-4)cc1. The topological polar surface area (TPSA) is 0 Å². The predicted octanol–water partition coefficient (Wildman–Crippen LogP) is 13.6. The van der Waals surface area contributed by atoms with Crippen LogP contribution in [0.15, 0.2) is 158 Å². The lowest BCUT2D eigenvalue weighted by Crippen LogP contribution is -1.86. The average molecular weight is 603 g/mol. The Balaban J connectivity index is 1.11. The fraction of sp³-hybridized carbons (Fsp3) is 0. The van der Waals surface area contributed by atoms with Crippen LogP contribution in [0, 0.1) is 0 Å². The second kappa shape index (κ2) is 8.76. The molecule has 0 amide bonds.